The van der Waals surface area contributed by atoms with E-state index in [-0.39, 0.29) is 11.9 Å². The van der Waals surface area contributed by atoms with Gasteiger partial charge in [-0.1, -0.05) is 6.07 Å². The van der Waals surface area contributed by atoms with Gasteiger partial charge >= 0.3 is 6.18 Å². The van der Waals surface area contributed by atoms with Gasteiger partial charge in [-0.3, -0.25) is 4.68 Å². The molecule has 0 spiro atoms. The number of nitrogens with two attached hydrogens (primary N) is 1. The Morgan fingerprint density at radius 1 is 1.25 bits per heavy atom. The molecule has 1 aliphatic heterocycles. The summed E-state index contributed by atoms with van der Waals surface area (Å²) >= 11 is 0. The molecule has 1 fully saturated rings. The highest BCUT2D eigenvalue weighted by Crippen LogP contribution is 2.32. The third kappa shape index (κ3) is 3.65. The van der Waals surface area contributed by atoms with Crippen LogP contribution in [0.4, 0.5) is 24.8 Å². The number of aromatic nitrogens is 6. The van der Waals surface area contributed by atoms with Gasteiger partial charge in [0, 0.05) is 30.6 Å². The van der Waals surface area contributed by atoms with Crippen molar-refractivity contribution in [2.24, 2.45) is 0 Å². The van der Waals surface area contributed by atoms with Crippen molar-refractivity contribution in [3.05, 3.63) is 36.4 Å². The number of alkyl halides is 3. The molecule has 1 atom stereocenters. The second kappa shape index (κ2) is 7.53. The predicted molar refractivity (Wildman–Crippen MR) is 112 cm³/mol. The molecule has 32 heavy (non-hydrogen) atoms. The van der Waals surface area contributed by atoms with Crippen LogP contribution in [0.15, 0.2) is 30.6 Å². The number of nitrogens with zero attached hydrogens (tertiary/aromatic N) is 7. The minimum absolute atomic E-state index is 0.00493. The van der Waals surface area contributed by atoms with Crippen LogP contribution in [0.25, 0.3) is 16.6 Å². The van der Waals surface area contributed by atoms with Gasteiger partial charge in [-0.25, -0.2) is 9.97 Å². The van der Waals surface area contributed by atoms with Crippen LogP contribution in [0, 0.1) is 0 Å². The summed E-state index contributed by atoms with van der Waals surface area (Å²) in [5, 5.41) is 9.23. The minimum Gasteiger partial charge on any atom is -0.494 e. The molecule has 1 aromatic carbocycles. The molecule has 1 saturated heterocycles. The number of piperidine rings is 1. The topological polar surface area (TPSA) is 99.4 Å². The molecule has 9 nitrogen and oxygen atoms in total. The van der Waals surface area contributed by atoms with E-state index in [0.29, 0.717) is 35.0 Å². The van der Waals surface area contributed by atoms with E-state index in [1.54, 1.807) is 13.2 Å². The number of halogens is 3. The second-order valence-electron chi connectivity index (χ2n) is 7.83. The Morgan fingerprint density at radius 3 is 2.88 bits per heavy atom. The van der Waals surface area contributed by atoms with Gasteiger partial charge in [0.2, 0.25) is 5.95 Å². The SMILES string of the molecule is COc1cccc2c1nc(N)n1nc([C@@H]3CCCN(c4cnn(CC(F)(F)F)c4)C3)nc21. The number of methoxy groups -OCH3 is 1. The molecule has 5 rings (SSSR count). The van der Waals surface area contributed by atoms with Crippen LogP contribution < -0.4 is 15.4 Å². The van der Waals surface area contributed by atoms with E-state index < -0.39 is 12.7 Å². The van der Waals surface area contributed by atoms with Crippen molar-refractivity contribution in [1.82, 2.24) is 29.4 Å². The van der Waals surface area contributed by atoms with E-state index >= 15 is 0 Å². The Hall–Kier alpha value is -3.57. The Morgan fingerprint density at radius 2 is 2.09 bits per heavy atom. The number of rotatable bonds is 4. The third-order valence-electron chi connectivity index (χ3n) is 5.64. The lowest BCUT2D eigenvalue weighted by atomic mass is 9.97. The Labute approximate surface area is 180 Å². The standard InChI is InChI=1S/C20H21F3N8O/c1-32-15-6-2-5-14-16(15)26-19(24)31-18(14)27-17(28-31)12-4-3-7-29(9-12)13-8-25-30(10-13)11-20(21,22)23/h2,5-6,8,10,12H,3-4,7,9,11H2,1H3,(H2,24,26)/t12-/m1/s1. The van der Waals surface area contributed by atoms with Gasteiger partial charge in [0.25, 0.3) is 0 Å². The molecule has 168 valence electrons. The van der Waals surface area contributed by atoms with Crippen molar-refractivity contribution in [2.45, 2.75) is 31.5 Å². The lowest BCUT2D eigenvalue weighted by Gasteiger charge is -2.32. The average molecular weight is 446 g/mol. The number of ether oxygens (including phenoxy) is 1. The number of para-hydroxylation sites is 1. The zero-order valence-electron chi connectivity index (χ0n) is 17.2. The third-order valence-corrected chi connectivity index (χ3v) is 5.64. The van der Waals surface area contributed by atoms with Crippen molar-refractivity contribution in [1.29, 1.82) is 0 Å². The maximum absolute atomic E-state index is 12.7. The summed E-state index contributed by atoms with van der Waals surface area (Å²) in [4.78, 5) is 11.2. The molecule has 0 bridgehead atoms. The van der Waals surface area contributed by atoms with E-state index in [2.05, 4.69) is 15.2 Å². The molecule has 0 amide bonds. The Balaban J connectivity index is 1.45. The monoisotopic (exact) mass is 446 g/mol. The smallest absolute Gasteiger partial charge is 0.408 e. The van der Waals surface area contributed by atoms with Crippen molar-refractivity contribution in [3.63, 3.8) is 0 Å². The normalized spacial score (nSPS) is 17.4. The van der Waals surface area contributed by atoms with Crippen molar-refractivity contribution in [3.8, 4) is 5.75 Å². The van der Waals surface area contributed by atoms with Gasteiger partial charge in [0.1, 0.15) is 17.8 Å². The second-order valence-corrected chi connectivity index (χ2v) is 7.83. The highest BCUT2D eigenvalue weighted by atomic mass is 19.4. The summed E-state index contributed by atoms with van der Waals surface area (Å²) in [6.45, 7) is 0.190. The summed E-state index contributed by atoms with van der Waals surface area (Å²) < 4.78 is 45.8. The summed E-state index contributed by atoms with van der Waals surface area (Å²) in [5.74, 6) is 1.42. The van der Waals surface area contributed by atoms with E-state index in [0.717, 1.165) is 29.5 Å². The van der Waals surface area contributed by atoms with E-state index in [4.69, 9.17) is 15.5 Å². The van der Waals surface area contributed by atoms with Gasteiger partial charge in [0.05, 0.1) is 19.0 Å². The lowest BCUT2D eigenvalue weighted by Crippen LogP contribution is -2.34. The number of benzene rings is 1. The van der Waals surface area contributed by atoms with Crippen LogP contribution in [0.1, 0.15) is 24.6 Å². The van der Waals surface area contributed by atoms with E-state index in [9.17, 15) is 13.2 Å². The van der Waals surface area contributed by atoms with E-state index in [1.807, 2.05) is 17.0 Å². The summed E-state index contributed by atoms with van der Waals surface area (Å²) in [6.07, 6.45) is 0.292. The van der Waals surface area contributed by atoms with E-state index in [1.165, 1.54) is 16.9 Å². The summed E-state index contributed by atoms with van der Waals surface area (Å²) in [6, 6.07) is 5.55. The molecule has 0 saturated carbocycles. The highest BCUT2D eigenvalue weighted by molar-refractivity contribution is 5.95. The molecule has 0 unspecified atom stereocenters. The molecule has 3 aromatic heterocycles. The van der Waals surface area contributed by atoms with Crippen LogP contribution in [-0.2, 0) is 6.54 Å². The lowest BCUT2D eigenvalue weighted by molar-refractivity contribution is -0.142. The molecule has 12 heteroatoms. The first-order valence-electron chi connectivity index (χ1n) is 10.2. The van der Waals surface area contributed by atoms with Gasteiger partial charge in [-0.05, 0) is 25.0 Å². The maximum Gasteiger partial charge on any atom is 0.408 e. The quantitative estimate of drug-likeness (QED) is 0.514. The van der Waals surface area contributed by atoms with Crippen molar-refractivity contribution < 1.29 is 17.9 Å². The van der Waals surface area contributed by atoms with Crippen molar-refractivity contribution >= 4 is 28.2 Å². The number of fused-ring (bicyclic) bond motifs is 3. The number of nitrogen functional groups attached to an aromatic ring is 1. The van der Waals surface area contributed by atoms with Gasteiger partial charge in [-0.2, -0.15) is 22.8 Å². The highest BCUT2D eigenvalue weighted by Gasteiger charge is 2.30. The number of hydrogen-bond donors (Lipinski definition) is 1. The molecule has 0 radical (unpaired) electrons. The van der Waals surface area contributed by atoms with Crippen LogP contribution in [0.2, 0.25) is 0 Å². The Kier molecular flexibility index (Phi) is 4.79. The number of hydrogen-bond acceptors (Lipinski definition) is 7. The molecular formula is C20H21F3N8O. The summed E-state index contributed by atoms with van der Waals surface area (Å²) in [5.41, 5.74) is 8.00. The van der Waals surface area contributed by atoms with Gasteiger partial charge in [-0.15, -0.1) is 5.10 Å². The molecule has 4 aromatic rings. The first-order valence-corrected chi connectivity index (χ1v) is 10.2. The first kappa shape index (κ1) is 20.3. The zero-order valence-corrected chi connectivity index (χ0v) is 17.2. The fourth-order valence-electron chi connectivity index (χ4n) is 4.19. The van der Waals surface area contributed by atoms with Crippen LogP contribution in [0.3, 0.4) is 0 Å². The van der Waals surface area contributed by atoms with Gasteiger partial charge < -0.3 is 15.4 Å². The summed E-state index contributed by atoms with van der Waals surface area (Å²) in [7, 11) is 1.57. The van der Waals surface area contributed by atoms with Crippen LogP contribution in [0.5, 0.6) is 5.75 Å². The molecule has 0 aliphatic carbocycles. The van der Waals surface area contributed by atoms with Gasteiger partial charge in [0.15, 0.2) is 11.5 Å². The fraction of sp³-hybridized carbons (Fsp3) is 0.400. The molecule has 1 aliphatic rings. The average Bonchev–Trinajstić information content (AvgIpc) is 3.40. The Bertz CT molecular complexity index is 1280. The minimum atomic E-state index is -4.31. The molecule has 2 N–H and O–H groups in total. The largest absolute Gasteiger partial charge is 0.494 e. The fourth-order valence-corrected chi connectivity index (χ4v) is 4.19. The maximum atomic E-state index is 12.7. The molecular weight excluding hydrogens is 425 g/mol. The van der Waals surface area contributed by atoms with Crippen LogP contribution >= 0.6 is 0 Å². The van der Waals surface area contributed by atoms with Crippen LogP contribution in [-0.4, -0.2) is 55.7 Å². The van der Waals surface area contributed by atoms with Crippen molar-refractivity contribution in [2.75, 3.05) is 30.8 Å². The number of anilines is 2. The predicted octanol–water partition coefficient (Wildman–Crippen LogP) is 3.01. The zero-order chi connectivity index (χ0) is 22.5. The first-order chi connectivity index (χ1) is 15.3. The molecule has 4 heterocycles.